The van der Waals surface area contributed by atoms with E-state index in [-0.39, 0.29) is 5.82 Å². The van der Waals surface area contributed by atoms with Crippen LogP contribution in [0.3, 0.4) is 0 Å². The minimum absolute atomic E-state index is 0.0219. The average Bonchev–Trinajstić information content (AvgIpc) is 2.58. The van der Waals surface area contributed by atoms with Crippen LogP contribution in [0.25, 0.3) is 11.0 Å². The molecule has 0 atom stereocenters. The van der Waals surface area contributed by atoms with Crippen LogP contribution in [0.1, 0.15) is 5.82 Å². The SMILES string of the molecule is Cn1c(C(=NO)[N+](=O)[O-])nc2ccccc21. The van der Waals surface area contributed by atoms with Crippen molar-refractivity contribution >= 4 is 16.9 Å². The Morgan fingerprint density at radius 1 is 1.56 bits per heavy atom. The molecule has 1 heterocycles. The molecule has 0 bridgehead atoms. The molecule has 0 radical (unpaired) electrons. The number of para-hydroxylation sites is 2. The summed E-state index contributed by atoms with van der Waals surface area (Å²) in [7, 11) is 1.62. The van der Waals surface area contributed by atoms with Gasteiger partial charge in [-0.15, -0.1) is 0 Å². The van der Waals surface area contributed by atoms with Crippen molar-refractivity contribution in [2.45, 2.75) is 0 Å². The molecule has 0 fully saturated rings. The fourth-order valence-corrected chi connectivity index (χ4v) is 1.51. The Kier molecular flexibility index (Phi) is 2.28. The number of aromatic nitrogens is 2. The van der Waals surface area contributed by atoms with Gasteiger partial charge in [0.1, 0.15) is 0 Å². The molecule has 0 spiro atoms. The van der Waals surface area contributed by atoms with Gasteiger partial charge in [-0.25, -0.2) is 4.98 Å². The van der Waals surface area contributed by atoms with E-state index in [2.05, 4.69) is 10.1 Å². The van der Waals surface area contributed by atoms with Crippen molar-refractivity contribution in [2.75, 3.05) is 0 Å². The van der Waals surface area contributed by atoms with E-state index in [0.29, 0.717) is 5.52 Å². The summed E-state index contributed by atoms with van der Waals surface area (Å²) in [5, 5.41) is 21.9. The number of fused-ring (bicyclic) bond motifs is 1. The minimum Gasteiger partial charge on any atom is -0.358 e. The van der Waals surface area contributed by atoms with Crippen molar-refractivity contribution in [3.8, 4) is 0 Å². The van der Waals surface area contributed by atoms with E-state index in [1.54, 1.807) is 31.3 Å². The van der Waals surface area contributed by atoms with Gasteiger partial charge in [-0.05, 0) is 17.1 Å². The summed E-state index contributed by atoms with van der Waals surface area (Å²) in [4.78, 5) is 13.9. The fourth-order valence-electron chi connectivity index (χ4n) is 1.51. The number of aryl methyl sites for hydroxylation is 1. The zero-order chi connectivity index (χ0) is 11.7. The quantitative estimate of drug-likeness (QED) is 0.255. The molecule has 0 unspecified atom stereocenters. The van der Waals surface area contributed by atoms with Crippen molar-refractivity contribution in [3.63, 3.8) is 0 Å². The fraction of sp³-hybridized carbons (Fsp3) is 0.111. The van der Waals surface area contributed by atoms with Crippen LogP contribution in [0, 0.1) is 10.1 Å². The van der Waals surface area contributed by atoms with Crippen LogP contribution < -0.4 is 0 Å². The Morgan fingerprint density at radius 3 is 2.81 bits per heavy atom. The highest BCUT2D eigenvalue weighted by molar-refractivity contribution is 5.92. The maximum Gasteiger partial charge on any atom is 0.452 e. The summed E-state index contributed by atoms with van der Waals surface area (Å²) in [6.07, 6.45) is 0. The van der Waals surface area contributed by atoms with E-state index in [1.807, 2.05) is 0 Å². The Hall–Kier alpha value is -2.44. The largest absolute Gasteiger partial charge is 0.452 e. The zero-order valence-electron chi connectivity index (χ0n) is 8.36. The molecule has 7 nitrogen and oxygen atoms in total. The number of hydrogen-bond donors (Lipinski definition) is 1. The summed E-state index contributed by atoms with van der Waals surface area (Å²) in [6.45, 7) is 0. The van der Waals surface area contributed by atoms with Crippen LogP contribution in [0.15, 0.2) is 29.4 Å². The van der Waals surface area contributed by atoms with Gasteiger partial charge >= 0.3 is 5.84 Å². The Morgan fingerprint density at radius 2 is 2.25 bits per heavy atom. The first-order valence-electron chi connectivity index (χ1n) is 4.43. The lowest BCUT2D eigenvalue weighted by molar-refractivity contribution is -0.351. The molecule has 1 aromatic heterocycles. The molecule has 0 aliphatic heterocycles. The summed E-state index contributed by atoms with van der Waals surface area (Å²) in [6, 6.07) is 7.09. The van der Waals surface area contributed by atoms with Gasteiger partial charge in [-0.1, -0.05) is 12.1 Å². The highest BCUT2D eigenvalue weighted by Crippen LogP contribution is 2.14. The van der Waals surface area contributed by atoms with E-state index < -0.39 is 10.8 Å². The van der Waals surface area contributed by atoms with Crippen molar-refractivity contribution < 1.29 is 10.1 Å². The second-order valence-corrected chi connectivity index (χ2v) is 3.16. The molecular formula is C9H8N4O3. The molecule has 1 aromatic carbocycles. The molecule has 16 heavy (non-hydrogen) atoms. The third-order valence-corrected chi connectivity index (χ3v) is 2.25. The minimum atomic E-state index is -0.777. The highest BCUT2D eigenvalue weighted by atomic mass is 16.6. The van der Waals surface area contributed by atoms with Crippen LogP contribution in [0.2, 0.25) is 0 Å². The molecular weight excluding hydrogens is 212 g/mol. The van der Waals surface area contributed by atoms with E-state index in [0.717, 1.165) is 5.52 Å². The van der Waals surface area contributed by atoms with Gasteiger partial charge in [0.15, 0.2) is 5.16 Å². The van der Waals surface area contributed by atoms with E-state index in [1.165, 1.54) is 4.57 Å². The van der Waals surface area contributed by atoms with E-state index >= 15 is 0 Å². The van der Waals surface area contributed by atoms with Crippen LogP contribution in [-0.2, 0) is 7.05 Å². The first-order valence-corrected chi connectivity index (χ1v) is 4.43. The van der Waals surface area contributed by atoms with E-state index in [4.69, 9.17) is 5.21 Å². The van der Waals surface area contributed by atoms with E-state index in [9.17, 15) is 10.1 Å². The highest BCUT2D eigenvalue weighted by Gasteiger charge is 2.24. The second kappa shape index (κ2) is 3.61. The predicted molar refractivity (Wildman–Crippen MR) is 56.0 cm³/mol. The summed E-state index contributed by atoms with van der Waals surface area (Å²) < 4.78 is 1.51. The standard InChI is InChI=1S/C9H8N4O3/c1-12-7-5-3-2-4-6(7)10-8(12)9(11-14)13(15)16/h2-5,14H,1H3. The molecule has 82 valence electrons. The Bertz CT molecular complexity index is 587. The van der Waals surface area contributed by atoms with Crippen molar-refractivity contribution in [3.05, 3.63) is 40.2 Å². The first kappa shape index (κ1) is 10.1. The Labute approximate surface area is 89.8 Å². The number of hydrogen-bond acceptors (Lipinski definition) is 5. The first-order chi connectivity index (χ1) is 7.65. The molecule has 0 aliphatic carbocycles. The number of oxime groups is 1. The van der Waals surface area contributed by atoms with Crippen LogP contribution in [0.5, 0.6) is 0 Å². The van der Waals surface area contributed by atoms with Crippen LogP contribution in [0.4, 0.5) is 0 Å². The molecule has 0 saturated heterocycles. The molecule has 7 heteroatoms. The van der Waals surface area contributed by atoms with Crippen molar-refractivity contribution in [1.29, 1.82) is 0 Å². The summed E-state index contributed by atoms with van der Waals surface area (Å²) >= 11 is 0. The van der Waals surface area contributed by atoms with Gasteiger partial charge in [-0.3, -0.25) is 0 Å². The number of amidine groups is 1. The predicted octanol–water partition coefficient (Wildman–Crippen LogP) is 0.986. The molecule has 0 saturated carbocycles. The summed E-state index contributed by atoms with van der Waals surface area (Å²) in [5.74, 6) is -0.646. The third kappa shape index (κ3) is 1.38. The lowest BCUT2D eigenvalue weighted by Gasteiger charge is -1.97. The number of nitrogens with zero attached hydrogens (tertiary/aromatic N) is 4. The normalized spacial score (nSPS) is 11.9. The number of nitro groups is 1. The van der Waals surface area contributed by atoms with Gasteiger partial charge in [0.05, 0.1) is 11.0 Å². The van der Waals surface area contributed by atoms with Gasteiger partial charge < -0.3 is 19.9 Å². The van der Waals surface area contributed by atoms with Gasteiger partial charge in [0.25, 0.3) is 0 Å². The zero-order valence-corrected chi connectivity index (χ0v) is 8.36. The monoisotopic (exact) mass is 220 g/mol. The van der Waals surface area contributed by atoms with Crippen molar-refractivity contribution in [2.24, 2.45) is 12.2 Å². The van der Waals surface area contributed by atoms with Crippen LogP contribution in [-0.4, -0.2) is 25.5 Å². The number of rotatable bonds is 1. The van der Waals surface area contributed by atoms with Crippen LogP contribution >= 0.6 is 0 Å². The molecule has 1 N–H and O–H groups in total. The lowest BCUT2D eigenvalue weighted by atomic mass is 10.3. The molecule has 2 rings (SSSR count). The maximum atomic E-state index is 10.6. The average molecular weight is 220 g/mol. The molecule has 0 amide bonds. The maximum absolute atomic E-state index is 10.6. The van der Waals surface area contributed by atoms with Gasteiger partial charge in [0.2, 0.25) is 5.82 Å². The lowest BCUT2D eigenvalue weighted by Crippen LogP contribution is -2.18. The number of imidazole rings is 1. The molecule has 2 aromatic rings. The molecule has 0 aliphatic rings. The Balaban J connectivity index is 2.70. The van der Waals surface area contributed by atoms with Gasteiger partial charge in [-0.2, -0.15) is 0 Å². The summed E-state index contributed by atoms with van der Waals surface area (Å²) in [5.41, 5.74) is 1.35. The van der Waals surface area contributed by atoms with Gasteiger partial charge in [0, 0.05) is 7.05 Å². The topological polar surface area (TPSA) is 93.5 Å². The third-order valence-electron chi connectivity index (χ3n) is 2.25. The number of benzene rings is 1. The smallest absolute Gasteiger partial charge is 0.358 e. The van der Waals surface area contributed by atoms with Crippen molar-refractivity contribution in [1.82, 2.24) is 9.55 Å². The second-order valence-electron chi connectivity index (χ2n) is 3.16.